The Morgan fingerprint density at radius 1 is 0.480 bits per heavy atom. The van der Waals surface area contributed by atoms with Crippen LogP contribution in [0.1, 0.15) is 25.3 Å². The van der Waals surface area contributed by atoms with Crippen LogP contribution in [0.4, 0.5) is 17.1 Å². The summed E-state index contributed by atoms with van der Waals surface area (Å²) < 4.78 is 6.18. The molecule has 8 rings (SSSR count). The quantitative estimate of drug-likeness (QED) is 0.148. The highest BCUT2D eigenvalue weighted by Gasteiger charge is 2.16. The van der Waals surface area contributed by atoms with Crippen LogP contribution in [-0.4, -0.2) is 4.98 Å². The first kappa shape index (κ1) is 31.1. The lowest BCUT2D eigenvalue weighted by molar-refractivity contribution is 0.620. The molecule has 0 aliphatic carbocycles. The van der Waals surface area contributed by atoms with Gasteiger partial charge >= 0.3 is 0 Å². The number of anilines is 3. The predicted octanol–water partition coefficient (Wildman–Crippen LogP) is 13.3. The Bertz CT molecular complexity index is 2300. The number of hydrogen-bond donors (Lipinski definition) is 0. The number of aryl methyl sites for hydroxylation is 1. The van der Waals surface area contributed by atoms with Gasteiger partial charge in [0.25, 0.3) is 0 Å². The van der Waals surface area contributed by atoms with Crippen molar-refractivity contribution in [3.63, 3.8) is 0 Å². The third-order valence-corrected chi connectivity index (χ3v) is 9.32. The molecule has 0 N–H and O–H groups in total. The summed E-state index contributed by atoms with van der Waals surface area (Å²) in [5.74, 6) is 0.652. The molecule has 0 aliphatic heterocycles. The molecule has 0 saturated carbocycles. The summed E-state index contributed by atoms with van der Waals surface area (Å²) in [5.41, 5.74) is 14.5. The van der Waals surface area contributed by atoms with Crippen LogP contribution in [-0.2, 0) is 6.42 Å². The molecule has 0 radical (unpaired) electrons. The number of nitrogens with zero attached hydrogens (tertiary/aromatic N) is 2. The van der Waals surface area contributed by atoms with Crippen molar-refractivity contribution >= 4 is 28.2 Å². The normalized spacial score (nSPS) is 11.1. The predicted molar refractivity (Wildman–Crippen MR) is 209 cm³/mol. The SMILES string of the molecule is CCCCc1ccc2oc(-c3ccc(-c4ccccc4-c4ccccc4-c4ccc(N(c5ccccc5)c5ccccc5)cc4)cc3)nc2c1. The highest BCUT2D eigenvalue weighted by Crippen LogP contribution is 2.40. The van der Waals surface area contributed by atoms with Crippen LogP contribution in [0.15, 0.2) is 180 Å². The highest BCUT2D eigenvalue weighted by atomic mass is 16.3. The highest BCUT2D eigenvalue weighted by molar-refractivity contribution is 5.92. The van der Waals surface area contributed by atoms with E-state index in [2.05, 4.69) is 188 Å². The Labute approximate surface area is 294 Å². The molecule has 0 spiro atoms. The first-order valence-corrected chi connectivity index (χ1v) is 17.4. The molecule has 0 saturated heterocycles. The molecule has 0 amide bonds. The second kappa shape index (κ2) is 14.1. The van der Waals surface area contributed by atoms with Crippen molar-refractivity contribution in [1.82, 2.24) is 4.98 Å². The average Bonchev–Trinajstić information content (AvgIpc) is 3.62. The number of oxazole rings is 1. The number of rotatable bonds is 10. The van der Waals surface area contributed by atoms with Crippen LogP contribution in [0.3, 0.4) is 0 Å². The summed E-state index contributed by atoms with van der Waals surface area (Å²) in [6, 6.07) is 62.3. The summed E-state index contributed by atoms with van der Waals surface area (Å²) in [6.07, 6.45) is 3.43. The molecule has 1 heterocycles. The van der Waals surface area contributed by atoms with Crippen molar-refractivity contribution in [3.8, 4) is 44.8 Å². The lowest BCUT2D eigenvalue weighted by atomic mass is 9.89. The minimum atomic E-state index is 0.652. The van der Waals surface area contributed by atoms with Crippen LogP contribution in [0, 0.1) is 0 Å². The van der Waals surface area contributed by atoms with Gasteiger partial charge in [-0.25, -0.2) is 4.98 Å². The number of fused-ring (bicyclic) bond motifs is 1. The van der Waals surface area contributed by atoms with Crippen LogP contribution in [0.2, 0.25) is 0 Å². The maximum atomic E-state index is 6.18. The van der Waals surface area contributed by atoms with Crippen LogP contribution < -0.4 is 4.90 Å². The van der Waals surface area contributed by atoms with Crippen LogP contribution in [0.5, 0.6) is 0 Å². The molecule has 0 fully saturated rings. The number of aromatic nitrogens is 1. The van der Waals surface area contributed by atoms with Crippen molar-refractivity contribution in [2.45, 2.75) is 26.2 Å². The van der Waals surface area contributed by atoms with Gasteiger partial charge in [0.15, 0.2) is 5.58 Å². The first-order valence-electron chi connectivity index (χ1n) is 17.4. The zero-order chi connectivity index (χ0) is 33.7. The maximum absolute atomic E-state index is 6.18. The summed E-state index contributed by atoms with van der Waals surface area (Å²) >= 11 is 0. The molecule has 1 aromatic heterocycles. The number of benzene rings is 7. The summed E-state index contributed by atoms with van der Waals surface area (Å²) in [4.78, 5) is 7.14. The second-order valence-electron chi connectivity index (χ2n) is 12.6. The molecule has 0 aliphatic rings. The van der Waals surface area contributed by atoms with Gasteiger partial charge in [0.2, 0.25) is 5.89 Å². The Morgan fingerprint density at radius 2 is 0.960 bits per heavy atom. The van der Waals surface area contributed by atoms with E-state index in [0.717, 1.165) is 45.7 Å². The molecule has 0 unspecified atom stereocenters. The van der Waals surface area contributed by atoms with Gasteiger partial charge in [-0.2, -0.15) is 0 Å². The Morgan fingerprint density at radius 3 is 1.52 bits per heavy atom. The molecular formula is C47H38N2O. The van der Waals surface area contributed by atoms with Gasteiger partial charge in [-0.05, 0) is 112 Å². The van der Waals surface area contributed by atoms with Gasteiger partial charge in [-0.15, -0.1) is 0 Å². The fourth-order valence-corrected chi connectivity index (χ4v) is 6.76. The number of unbranched alkanes of at least 4 members (excludes halogenated alkanes) is 1. The molecule has 3 nitrogen and oxygen atoms in total. The van der Waals surface area contributed by atoms with Crippen molar-refractivity contribution in [2.75, 3.05) is 4.90 Å². The van der Waals surface area contributed by atoms with Crippen molar-refractivity contribution in [1.29, 1.82) is 0 Å². The molecule has 0 bridgehead atoms. The van der Waals surface area contributed by atoms with E-state index in [4.69, 9.17) is 9.40 Å². The van der Waals surface area contributed by atoms with Crippen molar-refractivity contribution < 1.29 is 4.42 Å². The first-order chi connectivity index (χ1) is 24.7. The zero-order valence-corrected chi connectivity index (χ0v) is 28.2. The topological polar surface area (TPSA) is 29.3 Å². The van der Waals surface area contributed by atoms with Crippen LogP contribution >= 0.6 is 0 Å². The average molecular weight is 647 g/mol. The number of para-hydroxylation sites is 2. The lowest BCUT2D eigenvalue weighted by Gasteiger charge is -2.25. The van der Waals surface area contributed by atoms with Crippen molar-refractivity contribution in [3.05, 3.63) is 181 Å². The molecule has 8 aromatic rings. The van der Waals surface area contributed by atoms with E-state index in [-0.39, 0.29) is 0 Å². The van der Waals surface area contributed by atoms with E-state index in [1.165, 1.54) is 46.2 Å². The van der Waals surface area contributed by atoms with Crippen LogP contribution in [0.25, 0.3) is 55.9 Å². The van der Waals surface area contributed by atoms with Gasteiger partial charge in [0, 0.05) is 22.6 Å². The van der Waals surface area contributed by atoms with E-state index in [0.29, 0.717) is 5.89 Å². The van der Waals surface area contributed by atoms with E-state index in [9.17, 15) is 0 Å². The standard InChI is InChI=1S/C47H38N2O/c1-2-3-14-34-23-32-46-45(33-34)48-47(50-46)37-26-24-35(25-27-37)41-19-10-12-21-43(41)44-22-13-11-20-42(44)36-28-30-40(31-29-36)49(38-15-6-4-7-16-38)39-17-8-5-9-18-39/h4-13,15-33H,2-3,14H2,1H3. The number of hydrogen-bond acceptors (Lipinski definition) is 3. The third kappa shape index (κ3) is 6.34. The second-order valence-corrected chi connectivity index (χ2v) is 12.6. The molecule has 242 valence electrons. The Kier molecular flexibility index (Phi) is 8.78. The minimum Gasteiger partial charge on any atom is -0.436 e. The smallest absolute Gasteiger partial charge is 0.227 e. The van der Waals surface area contributed by atoms with Gasteiger partial charge in [0.1, 0.15) is 5.52 Å². The Balaban J connectivity index is 1.11. The Hall–Kier alpha value is -6.19. The zero-order valence-electron chi connectivity index (χ0n) is 28.2. The molecule has 7 aromatic carbocycles. The molecule has 0 atom stereocenters. The largest absolute Gasteiger partial charge is 0.436 e. The molecule has 50 heavy (non-hydrogen) atoms. The molecular weight excluding hydrogens is 609 g/mol. The van der Waals surface area contributed by atoms with E-state index in [1.807, 2.05) is 0 Å². The van der Waals surface area contributed by atoms with E-state index in [1.54, 1.807) is 0 Å². The maximum Gasteiger partial charge on any atom is 0.227 e. The van der Waals surface area contributed by atoms with E-state index >= 15 is 0 Å². The summed E-state index contributed by atoms with van der Waals surface area (Å²) in [7, 11) is 0. The fourth-order valence-electron chi connectivity index (χ4n) is 6.76. The van der Waals surface area contributed by atoms with Gasteiger partial charge in [-0.3, -0.25) is 0 Å². The van der Waals surface area contributed by atoms with E-state index < -0.39 is 0 Å². The van der Waals surface area contributed by atoms with Gasteiger partial charge in [0.05, 0.1) is 0 Å². The monoisotopic (exact) mass is 646 g/mol. The van der Waals surface area contributed by atoms with Gasteiger partial charge < -0.3 is 9.32 Å². The summed E-state index contributed by atoms with van der Waals surface area (Å²) in [5, 5.41) is 0. The lowest BCUT2D eigenvalue weighted by Crippen LogP contribution is -2.09. The molecule has 3 heteroatoms. The minimum absolute atomic E-state index is 0.652. The fraction of sp³-hybridized carbons (Fsp3) is 0.0851. The third-order valence-electron chi connectivity index (χ3n) is 9.32. The summed E-state index contributed by atoms with van der Waals surface area (Å²) in [6.45, 7) is 2.22. The van der Waals surface area contributed by atoms with Crippen molar-refractivity contribution in [2.24, 2.45) is 0 Å². The van der Waals surface area contributed by atoms with Gasteiger partial charge in [-0.1, -0.05) is 129 Å².